The Morgan fingerprint density at radius 3 is 2.50 bits per heavy atom. The quantitative estimate of drug-likeness (QED) is 0.258. The predicted octanol–water partition coefficient (Wildman–Crippen LogP) is 6.73. The number of hydrogen-bond donors (Lipinski definition) is 2. The number of aromatic nitrogens is 1. The van der Waals surface area contributed by atoms with E-state index in [4.69, 9.17) is 9.47 Å². The van der Waals surface area contributed by atoms with E-state index in [1.54, 1.807) is 36.4 Å². The number of halogens is 1. The van der Waals surface area contributed by atoms with Crippen LogP contribution in [0, 0.1) is 5.82 Å². The number of H-pyrrole nitrogens is 1. The van der Waals surface area contributed by atoms with Gasteiger partial charge in [0, 0.05) is 22.9 Å². The highest BCUT2D eigenvalue weighted by Crippen LogP contribution is 2.29. The highest BCUT2D eigenvalue weighted by molar-refractivity contribution is 5.92. The number of aromatic amines is 1. The van der Waals surface area contributed by atoms with Crippen LogP contribution in [0.1, 0.15) is 36.5 Å². The summed E-state index contributed by atoms with van der Waals surface area (Å²) >= 11 is 0. The third-order valence-corrected chi connectivity index (χ3v) is 5.44. The van der Waals surface area contributed by atoms with E-state index in [0.717, 1.165) is 22.0 Å². The fourth-order valence-corrected chi connectivity index (χ4v) is 3.66. The van der Waals surface area contributed by atoms with Crippen LogP contribution in [0.5, 0.6) is 11.5 Å². The first-order valence-electron chi connectivity index (χ1n) is 11.2. The monoisotopic (exact) mass is 459 g/mol. The van der Waals surface area contributed by atoms with Crippen LogP contribution in [-0.4, -0.2) is 16.1 Å². The summed E-state index contributed by atoms with van der Waals surface area (Å²) < 4.78 is 25.2. The number of aliphatic carboxylic acids is 1. The third-order valence-electron chi connectivity index (χ3n) is 5.44. The van der Waals surface area contributed by atoms with Crippen LogP contribution in [0.25, 0.3) is 17.0 Å². The SMILES string of the molecule is CCC/C(=C\c1cc(OCc2ccc3[nH]ccc3c2)ccc1OCc1ccc(F)cc1)C(=O)O. The van der Waals surface area contributed by atoms with Crippen LogP contribution in [0.2, 0.25) is 0 Å². The van der Waals surface area contributed by atoms with Gasteiger partial charge in [0.15, 0.2) is 0 Å². The first-order chi connectivity index (χ1) is 16.5. The number of carbonyl (C=O) groups is 1. The average Bonchev–Trinajstić information content (AvgIpc) is 3.31. The van der Waals surface area contributed by atoms with Crippen molar-refractivity contribution in [2.24, 2.45) is 0 Å². The summed E-state index contributed by atoms with van der Waals surface area (Å²) in [4.78, 5) is 14.9. The van der Waals surface area contributed by atoms with Crippen molar-refractivity contribution in [2.45, 2.75) is 33.0 Å². The lowest BCUT2D eigenvalue weighted by Gasteiger charge is -2.13. The summed E-state index contributed by atoms with van der Waals surface area (Å²) in [5.74, 6) is -0.135. The van der Waals surface area contributed by atoms with Crippen molar-refractivity contribution >= 4 is 22.9 Å². The maximum Gasteiger partial charge on any atom is 0.331 e. The Morgan fingerprint density at radius 1 is 0.971 bits per heavy atom. The summed E-state index contributed by atoms with van der Waals surface area (Å²) in [7, 11) is 0. The minimum Gasteiger partial charge on any atom is -0.489 e. The Morgan fingerprint density at radius 2 is 1.74 bits per heavy atom. The highest BCUT2D eigenvalue weighted by atomic mass is 19.1. The molecule has 0 aliphatic carbocycles. The van der Waals surface area contributed by atoms with Gasteiger partial charge < -0.3 is 19.6 Å². The maximum atomic E-state index is 13.2. The first-order valence-corrected chi connectivity index (χ1v) is 11.2. The summed E-state index contributed by atoms with van der Waals surface area (Å²) in [6.07, 6.45) is 4.68. The predicted molar refractivity (Wildman–Crippen MR) is 130 cm³/mol. The maximum absolute atomic E-state index is 13.2. The molecule has 0 atom stereocenters. The first kappa shape index (κ1) is 23.1. The molecule has 174 valence electrons. The number of rotatable bonds is 10. The second-order valence-electron chi connectivity index (χ2n) is 8.03. The summed E-state index contributed by atoms with van der Waals surface area (Å²) in [5.41, 5.74) is 3.81. The minimum absolute atomic E-state index is 0.230. The van der Waals surface area contributed by atoms with Crippen molar-refractivity contribution in [3.05, 3.63) is 101 Å². The van der Waals surface area contributed by atoms with Gasteiger partial charge in [-0.15, -0.1) is 0 Å². The Labute approximate surface area is 197 Å². The standard InChI is InChI=1S/C28H26FNO4/c1-2-3-22(28(31)32)15-23-16-25(33-18-20-6-10-26-21(14-20)12-13-30-26)9-11-27(23)34-17-19-4-7-24(29)8-5-19/h4-16,30H,2-3,17-18H2,1H3,(H,31,32)/b22-15+. The summed E-state index contributed by atoms with van der Waals surface area (Å²) in [6.45, 7) is 2.54. The molecule has 0 saturated heterocycles. The molecule has 0 amide bonds. The van der Waals surface area contributed by atoms with Gasteiger partial charge in [-0.1, -0.05) is 31.5 Å². The van der Waals surface area contributed by atoms with Crippen LogP contribution < -0.4 is 9.47 Å². The minimum atomic E-state index is -0.961. The second-order valence-corrected chi connectivity index (χ2v) is 8.03. The molecule has 1 heterocycles. The van der Waals surface area contributed by atoms with Gasteiger partial charge in [0.1, 0.15) is 30.5 Å². The molecule has 6 heteroatoms. The van der Waals surface area contributed by atoms with Crippen LogP contribution in [-0.2, 0) is 18.0 Å². The summed E-state index contributed by atoms with van der Waals surface area (Å²) in [6, 6.07) is 19.5. The number of ether oxygens (including phenoxy) is 2. The molecule has 0 unspecified atom stereocenters. The number of fused-ring (bicyclic) bond motifs is 1. The zero-order valence-electron chi connectivity index (χ0n) is 18.9. The molecule has 0 fully saturated rings. The number of nitrogens with one attached hydrogen (secondary N) is 1. The van der Waals surface area contributed by atoms with Crippen molar-refractivity contribution < 1.29 is 23.8 Å². The molecule has 0 spiro atoms. The fraction of sp³-hybridized carbons (Fsp3) is 0.179. The average molecular weight is 460 g/mol. The normalized spacial score (nSPS) is 11.5. The molecule has 2 N–H and O–H groups in total. The lowest BCUT2D eigenvalue weighted by Crippen LogP contribution is -2.02. The lowest BCUT2D eigenvalue weighted by molar-refractivity contribution is -0.132. The molecule has 0 radical (unpaired) electrons. The van der Waals surface area contributed by atoms with E-state index in [1.807, 2.05) is 31.3 Å². The molecule has 34 heavy (non-hydrogen) atoms. The van der Waals surface area contributed by atoms with Crippen molar-refractivity contribution in [3.63, 3.8) is 0 Å². The van der Waals surface area contributed by atoms with Gasteiger partial charge in [0.05, 0.1) is 0 Å². The van der Waals surface area contributed by atoms with Gasteiger partial charge in [-0.2, -0.15) is 0 Å². The topological polar surface area (TPSA) is 71.5 Å². The number of carboxylic acids is 1. The van der Waals surface area contributed by atoms with E-state index in [-0.39, 0.29) is 12.4 Å². The molecule has 0 aliphatic rings. The molecule has 1 aromatic heterocycles. The molecule has 5 nitrogen and oxygen atoms in total. The van der Waals surface area contributed by atoms with E-state index < -0.39 is 5.97 Å². The molecule has 0 bridgehead atoms. The Hall–Kier alpha value is -4.06. The third kappa shape index (κ3) is 5.84. The molecule has 4 aromatic rings. The van der Waals surface area contributed by atoms with Crippen molar-refractivity contribution in [1.29, 1.82) is 0 Å². The molecule has 4 rings (SSSR count). The van der Waals surface area contributed by atoms with Gasteiger partial charge >= 0.3 is 5.97 Å². The largest absolute Gasteiger partial charge is 0.489 e. The molecule has 3 aromatic carbocycles. The zero-order valence-corrected chi connectivity index (χ0v) is 18.9. The van der Waals surface area contributed by atoms with E-state index >= 15 is 0 Å². The van der Waals surface area contributed by atoms with Gasteiger partial charge in [-0.25, -0.2) is 9.18 Å². The van der Waals surface area contributed by atoms with Crippen LogP contribution in [0.3, 0.4) is 0 Å². The molecular weight excluding hydrogens is 433 g/mol. The second kappa shape index (κ2) is 10.7. The smallest absolute Gasteiger partial charge is 0.331 e. The Bertz CT molecular complexity index is 1310. The van der Waals surface area contributed by atoms with Crippen molar-refractivity contribution in [1.82, 2.24) is 4.98 Å². The van der Waals surface area contributed by atoms with E-state index in [2.05, 4.69) is 11.1 Å². The Kier molecular flexibility index (Phi) is 7.28. The van der Waals surface area contributed by atoms with Crippen LogP contribution in [0.4, 0.5) is 4.39 Å². The van der Waals surface area contributed by atoms with Gasteiger partial charge in [-0.05, 0) is 77.5 Å². The lowest BCUT2D eigenvalue weighted by atomic mass is 10.1. The van der Waals surface area contributed by atoms with E-state index in [0.29, 0.717) is 42.1 Å². The molecular formula is C28H26FNO4. The van der Waals surface area contributed by atoms with E-state index in [1.165, 1.54) is 12.1 Å². The number of carboxylic acid groups (broad SMARTS) is 1. The van der Waals surface area contributed by atoms with E-state index in [9.17, 15) is 14.3 Å². The van der Waals surface area contributed by atoms with Crippen molar-refractivity contribution in [2.75, 3.05) is 0 Å². The molecule has 0 aliphatic heterocycles. The van der Waals surface area contributed by atoms with Gasteiger partial charge in [0.25, 0.3) is 0 Å². The van der Waals surface area contributed by atoms with Crippen LogP contribution >= 0.6 is 0 Å². The van der Waals surface area contributed by atoms with Gasteiger partial charge in [0.2, 0.25) is 0 Å². The number of hydrogen-bond acceptors (Lipinski definition) is 3. The van der Waals surface area contributed by atoms with Crippen molar-refractivity contribution in [3.8, 4) is 11.5 Å². The molecule has 0 saturated carbocycles. The van der Waals surface area contributed by atoms with Crippen LogP contribution in [0.15, 0.2) is 78.5 Å². The summed E-state index contributed by atoms with van der Waals surface area (Å²) in [5, 5.41) is 10.7. The highest BCUT2D eigenvalue weighted by Gasteiger charge is 2.11. The fourth-order valence-electron chi connectivity index (χ4n) is 3.66. The Balaban J connectivity index is 1.56. The number of benzene rings is 3. The zero-order chi connectivity index (χ0) is 23.9. The van der Waals surface area contributed by atoms with Gasteiger partial charge in [-0.3, -0.25) is 0 Å².